The molecule has 0 bridgehead atoms. The molecule has 4 amide bonds. The zero-order valence-electron chi connectivity index (χ0n) is 22.5. The Morgan fingerprint density at radius 2 is 1.67 bits per heavy atom. The van der Waals surface area contributed by atoms with Crippen LogP contribution in [0.4, 0.5) is 4.79 Å². The number of hydrogen-bond acceptors (Lipinski definition) is 8. The normalized spacial score (nSPS) is 15.4. The van der Waals surface area contributed by atoms with Gasteiger partial charge in [0.1, 0.15) is 18.2 Å². The van der Waals surface area contributed by atoms with Gasteiger partial charge in [0.2, 0.25) is 17.7 Å². The van der Waals surface area contributed by atoms with Gasteiger partial charge in [0.15, 0.2) is 0 Å². The van der Waals surface area contributed by atoms with Crippen molar-refractivity contribution < 1.29 is 33.4 Å². The first kappa shape index (κ1) is 31.5. The Morgan fingerprint density at radius 1 is 0.974 bits per heavy atom. The third-order valence-electron chi connectivity index (χ3n) is 6.56. The van der Waals surface area contributed by atoms with Crippen molar-refractivity contribution >= 4 is 29.8 Å². The highest BCUT2D eigenvalue weighted by molar-refractivity contribution is 5.94. The molecule has 1 fully saturated rings. The summed E-state index contributed by atoms with van der Waals surface area (Å²) in [4.78, 5) is 61.6. The van der Waals surface area contributed by atoms with Gasteiger partial charge in [0.25, 0.3) is 0 Å². The highest BCUT2D eigenvalue weighted by Gasteiger charge is 2.45. The third kappa shape index (κ3) is 10.9. The van der Waals surface area contributed by atoms with E-state index in [4.69, 9.17) is 20.9 Å². The van der Waals surface area contributed by atoms with Gasteiger partial charge in [-0.05, 0) is 51.0 Å². The van der Waals surface area contributed by atoms with Crippen molar-refractivity contribution in [3.8, 4) is 0 Å². The average Bonchev–Trinajstić information content (AvgIpc) is 3.39. The van der Waals surface area contributed by atoms with Gasteiger partial charge in [0.05, 0.1) is 12.6 Å². The summed E-state index contributed by atoms with van der Waals surface area (Å²) in [6.07, 6.45) is 3.08. The van der Waals surface area contributed by atoms with Gasteiger partial charge in [-0.25, -0.2) is 9.59 Å². The van der Waals surface area contributed by atoms with Gasteiger partial charge in [-0.3, -0.25) is 14.4 Å². The Bertz CT molecular complexity index is 967. The molecule has 12 nitrogen and oxygen atoms in total. The second kappa shape index (κ2) is 16.3. The molecule has 1 aliphatic rings. The number of ether oxygens (including phenoxy) is 2. The molecule has 2 rings (SSSR count). The minimum atomic E-state index is -1.15. The summed E-state index contributed by atoms with van der Waals surface area (Å²) in [6.45, 7) is 2.38. The summed E-state index contributed by atoms with van der Waals surface area (Å²) >= 11 is 0. The van der Waals surface area contributed by atoms with E-state index in [1.807, 2.05) is 30.3 Å². The zero-order chi connectivity index (χ0) is 28.7. The van der Waals surface area contributed by atoms with E-state index in [-0.39, 0.29) is 26.1 Å². The topological polar surface area (TPSA) is 192 Å². The molecule has 216 valence electrons. The standard InChI is InChI=1S/C27H41N5O7/c1-2-38-25(36)27(15-7-8-16-27)32-24(35)21(13-14-22(29)33)31-23(34)20(28)12-6-9-17-30-26(37)39-18-19-10-4-3-5-11-19/h3-5,10-11,20-21H,2,6-9,12-18,28H2,1H3,(H2,29,33)(H,30,37)(H,31,34)(H,32,35)/t20-,21-/m0/s1. The van der Waals surface area contributed by atoms with Crippen LogP contribution in [0.2, 0.25) is 0 Å². The maximum absolute atomic E-state index is 13.1. The number of esters is 1. The fourth-order valence-corrected chi connectivity index (χ4v) is 4.37. The molecular weight excluding hydrogens is 506 g/mol. The summed E-state index contributed by atoms with van der Waals surface area (Å²) in [5, 5.41) is 8.01. The van der Waals surface area contributed by atoms with Crippen LogP contribution in [-0.2, 0) is 35.3 Å². The van der Waals surface area contributed by atoms with E-state index < -0.39 is 47.4 Å². The number of unbranched alkanes of at least 4 members (excludes halogenated alkanes) is 1. The van der Waals surface area contributed by atoms with E-state index in [0.717, 1.165) is 18.4 Å². The lowest BCUT2D eigenvalue weighted by Crippen LogP contribution is -2.59. The Morgan fingerprint density at radius 3 is 2.31 bits per heavy atom. The van der Waals surface area contributed by atoms with Crippen LogP contribution in [0.1, 0.15) is 70.3 Å². The van der Waals surface area contributed by atoms with Gasteiger partial charge in [0, 0.05) is 13.0 Å². The molecule has 0 radical (unpaired) electrons. The minimum Gasteiger partial charge on any atom is -0.464 e. The quantitative estimate of drug-likeness (QED) is 0.150. The number of rotatable bonds is 16. The van der Waals surface area contributed by atoms with Crippen molar-refractivity contribution in [2.24, 2.45) is 11.5 Å². The molecule has 0 saturated heterocycles. The van der Waals surface area contributed by atoms with Crippen LogP contribution in [-0.4, -0.2) is 60.6 Å². The highest BCUT2D eigenvalue weighted by Crippen LogP contribution is 2.31. The minimum absolute atomic E-state index is 0.0342. The third-order valence-corrected chi connectivity index (χ3v) is 6.56. The van der Waals surface area contributed by atoms with Crippen molar-refractivity contribution in [2.45, 2.75) is 88.9 Å². The lowest BCUT2D eigenvalue weighted by Gasteiger charge is -2.30. The predicted molar refractivity (Wildman–Crippen MR) is 143 cm³/mol. The molecule has 0 unspecified atom stereocenters. The number of carbonyl (C=O) groups excluding carboxylic acids is 5. The number of alkyl carbamates (subject to hydrolysis) is 1. The second-order valence-electron chi connectivity index (χ2n) is 9.66. The molecule has 1 aliphatic carbocycles. The molecule has 1 aromatic carbocycles. The molecule has 2 atom stereocenters. The number of hydrogen-bond donors (Lipinski definition) is 5. The Kier molecular flexibility index (Phi) is 13.2. The van der Waals surface area contributed by atoms with E-state index in [9.17, 15) is 24.0 Å². The highest BCUT2D eigenvalue weighted by atomic mass is 16.5. The van der Waals surface area contributed by atoms with E-state index in [2.05, 4.69) is 16.0 Å². The lowest BCUT2D eigenvalue weighted by atomic mass is 9.96. The molecule has 0 aromatic heterocycles. The molecule has 1 saturated carbocycles. The van der Waals surface area contributed by atoms with Gasteiger partial charge in [-0.1, -0.05) is 43.2 Å². The zero-order valence-corrected chi connectivity index (χ0v) is 22.5. The summed E-state index contributed by atoms with van der Waals surface area (Å²) < 4.78 is 10.3. The smallest absolute Gasteiger partial charge is 0.407 e. The van der Waals surface area contributed by atoms with Crippen LogP contribution in [0.3, 0.4) is 0 Å². The summed E-state index contributed by atoms with van der Waals surface area (Å²) in [5.41, 5.74) is 11.0. The first-order valence-electron chi connectivity index (χ1n) is 13.4. The fourth-order valence-electron chi connectivity index (χ4n) is 4.37. The van der Waals surface area contributed by atoms with Crippen LogP contribution in [0, 0.1) is 0 Å². The van der Waals surface area contributed by atoms with Gasteiger partial charge in [-0.2, -0.15) is 0 Å². The first-order chi connectivity index (χ1) is 18.7. The van der Waals surface area contributed by atoms with Crippen LogP contribution in [0.25, 0.3) is 0 Å². The first-order valence-corrected chi connectivity index (χ1v) is 13.4. The van der Waals surface area contributed by atoms with Crippen molar-refractivity contribution in [1.29, 1.82) is 0 Å². The summed E-state index contributed by atoms with van der Waals surface area (Å²) in [6, 6.07) is 7.30. The fraction of sp³-hybridized carbons (Fsp3) is 0.593. The van der Waals surface area contributed by atoms with Crippen LogP contribution < -0.4 is 27.4 Å². The SMILES string of the molecule is CCOC(=O)C1(NC(=O)[C@H](CCC(N)=O)NC(=O)[C@@H](N)CCCCNC(=O)OCc2ccccc2)CCCC1. The molecule has 0 spiro atoms. The number of nitrogens with two attached hydrogens (primary N) is 2. The van der Waals surface area contributed by atoms with Gasteiger partial charge >= 0.3 is 12.1 Å². The van der Waals surface area contributed by atoms with Crippen LogP contribution in [0.5, 0.6) is 0 Å². The molecule has 7 N–H and O–H groups in total. The predicted octanol–water partition coefficient (Wildman–Crippen LogP) is 1.15. The van der Waals surface area contributed by atoms with E-state index >= 15 is 0 Å². The van der Waals surface area contributed by atoms with E-state index in [1.165, 1.54) is 0 Å². The number of carbonyl (C=O) groups is 5. The van der Waals surface area contributed by atoms with Crippen LogP contribution >= 0.6 is 0 Å². The van der Waals surface area contributed by atoms with Crippen molar-refractivity contribution in [1.82, 2.24) is 16.0 Å². The largest absolute Gasteiger partial charge is 0.464 e. The lowest BCUT2D eigenvalue weighted by molar-refractivity contribution is -0.153. The molecule has 12 heteroatoms. The Labute approximate surface area is 228 Å². The maximum Gasteiger partial charge on any atom is 0.407 e. The van der Waals surface area contributed by atoms with Crippen LogP contribution in [0.15, 0.2) is 30.3 Å². The molecular formula is C27H41N5O7. The van der Waals surface area contributed by atoms with Crippen molar-refractivity contribution in [3.63, 3.8) is 0 Å². The summed E-state index contributed by atoms with van der Waals surface area (Å²) in [7, 11) is 0. The second-order valence-corrected chi connectivity index (χ2v) is 9.66. The number of primary amides is 1. The Hall–Kier alpha value is -3.67. The van der Waals surface area contributed by atoms with Crippen molar-refractivity contribution in [2.75, 3.05) is 13.2 Å². The van der Waals surface area contributed by atoms with Crippen molar-refractivity contribution in [3.05, 3.63) is 35.9 Å². The van der Waals surface area contributed by atoms with Gasteiger partial charge < -0.3 is 36.9 Å². The van der Waals surface area contributed by atoms with E-state index in [0.29, 0.717) is 38.6 Å². The summed E-state index contributed by atoms with van der Waals surface area (Å²) in [5.74, 6) is -2.29. The number of amides is 4. The molecule has 1 aromatic rings. The number of benzene rings is 1. The van der Waals surface area contributed by atoms with E-state index in [1.54, 1.807) is 6.92 Å². The maximum atomic E-state index is 13.1. The average molecular weight is 548 g/mol. The molecule has 0 heterocycles. The molecule has 39 heavy (non-hydrogen) atoms. The van der Waals surface area contributed by atoms with Gasteiger partial charge in [-0.15, -0.1) is 0 Å². The molecule has 0 aliphatic heterocycles. The number of nitrogens with one attached hydrogen (secondary N) is 3. The monoisotopic (exact) mass is 547 g/mol. The Balaban J connectivity index is 1.80.